The average molecular weight is 389 g/mol. The summed E-state index contributed by atoms with van der Waals surface area (Å²) in [7, 11) is 0. The molecule has 0 radical (unpaired) electrons. The van der Waals surface area contributed by atoms with Gasteiger partial charge in [-0.1, -0.05) is 0 Å². The Morgan fingerprint density at radius 1 is 1.17 bits per heavy atom. The summed E-state index contributed by atoms with van der Waals surface area (Å²) in [5, 5.41) is 13.1. The van der Waals surface area contributed by atoms with Crippen molar-refractivity contribution in [2.24, 2.45) is 0 Å². The Balaban J connectivity index is 1.37. The third-order valence-electron chi connectivity index (χ3n) is 4.88. The quantitative estimate of drug-likeness (QED) is 0.415. The van der Waals surface area contributed by atoms with Crippen LogP contribution in [0.1, 0.15) is 10.6 Å². The van der Waals surface area contributed by atoms with Crippen molar-refractivity contribution >= 4 is 28.3 Å². The molecule has 29 heavy (non-hydrogen) atoms. The molecule has 1 aromatic carbocycles. The number of nitrogens with one attached hydrogen (secondary N) is 4. The Labute approximate surface area is 165 Å². The van der Waals surface area contributed by atoms with Gasteiger partial charge in [-0.2, -0.15) is 5.10 Å². The zero-order valence-corrected chi connectivity index (χ0v) is 15.5. The topological polar surface area (TPSA) is 128 Å². The van der Waals surface area contributed by atoms with Crippen molar-refractivity contribution < 1.29 is 4.79 Å². The number of H-pyrrole nitrogens is 2. The number of benzene rings is 1. The van der Waals surface area contributed by atoms with Gasteiger partial charge in [0.2, 0.25) is 5.82 Å². The number of imidazole rings is 1. The van der Waals surface area contributed by atoms with Crippen LogP contribution in [0.2, 0.25) is 0 Å². The van der Waals surface area contributed by atoms with Crippen molar-refractivity contribution in [3.05, 3.63) is 48.8 Å². The number of nitrogens with zero attached hydrogens (tertiary/aromatic N) is 5. The minimum absolute atomic E-state index is 0.139. The molecule has 3 aromatic heterocycles. The maximum atomic E-state index is 12.7. The summed E-state index contributed by atoms with van der Waals surface area (Å²) in [4.78, 5) is 30.7. The molecule has 146 valence electrons. The third-order valence-corrected chi connectivity index (χ3v) is 4.88. The second-order valence-electron chi connectivity index (χ2n) is 6.73. The van der Waals surface area contributed by atoms with Gasteiger partial charge in [0.15, 0.2) is 5.82 Å². The Morgan fingerprint density at radius 2 is 2.07 bits per heavy atom. The van der Waals surface area contributed by atoms with Crippen molar-refractivity contribution in [3.63, 3.8) is 0 Å². The van der Waals surface area contributed by atoms with E-state index in [2.05, 4.69) is 45.7 Å². The van der Waals surface area contributed by atoms with E-state index in [4.69, 9.17) is 0 Å². The molecule has 5 rings (SSSR count). The van der Waals surface area contributed by atoms with Crippen LogP contribution < -0.4 is 15.5 Å². The number of aromatic nitrogens is 6. The van der Waals surface area contributed by atoms with Gasteiger partial charge in [0.05, 0.1) is 34.9 Å². The first kappa shape index (κ1) is 17.3. The maximum absolute atomic E-state index is 12.7. The number of aromatic amines is 2. The lowest BCUT2D eigenvalue weighted by molar-refractivity contribution is 0.101. The van der Waals surface area contributed by atoms with Crippen molar-refractivity contribution in [2.45, 2.75) is 0 Å². The number of hydrogen-bond acceptors (Lipinski definition) is 7. The summed E-state index contributed by atoms with van der Waals surface area (Å²) in [5.74, 6) is 0.218. The molecular formula is C19H19N9O. The van der Waals surface area contributed by atoms with Crippen molar-refractivity contribution in [3.8, 4) is 11.4 Å². The second kappa shape index (κ2) is 7.32. The van der Waals surface area contributed by atoms with Gasteiger partial charge in [0.25, 0.3) is 5.91 Å². The van der Waals surface area contributed by atoms with Crippen molar-refractivity contribution in [2.75, 3.05) is 36.4 Å². The number of rotatable bonds is 4. The monoisotopic (exact) mass is 389 g/mol. The van der Waals surface area contributed by atoms with Gasteiger partial charge in [-0.25, -0.2) is 9.97 Å². The number of fused-ring (bicyclic) bond motifs is 1. The van der Waals surface area contributed by atoms with E-state index in [0.29, 0.717) is 11.5 Å². The first-order chi connectivity index (χ1) is 14.3. The molecule has 1 aliphatic heterocycles. The van der Waals surface area contributed by atoms with Gasteiger partial charge < -0.3 is 20.5 Å². The molecule has 1 amide bonds. The molecule has 1 saturated heterocycles. The van der Waals surface area contributed by atoms with Gasteiger partial charge in [-0.15, -0.1) is 0 Å². The normalized spacial score (nSPS) is 14.3. The van der Waals surface area contributed by atoms with Crippen LogP contribution in [0.5, 0.6) is 0 Å². The molecule has 4 N–H and O–H groups in total. The molecule has 0 saturated carbocycles. The largest absolute Gasteiger partial charge is 0.367 e. The fourth-order valence-electron chi connectivity index (χ4n) is 3.41. The summed E-state index contributed by atoms with van der Waals surface area (Å²) < 4.78 is 0. The van der Waals surface area contributed by atoms with E-state index >= 15 is 0 Å². The minimum Gasteiger partial charge on any atom is -0.367 e. The van der Waals surface area contributed by atoms with E-state index < -0.39 is 0 Å². The Morgan fingerprint density at radius 3 is 2.97 bits per heavy atom. The Kier molecular flexibility index (Phi) is 4.37. The number of anilines is 2. The first-order valence-electron chi connectivity index (χ1n) is 9.35. The van der Waals surface area contributed by atoms with Gasteiger partial charge >= 0.3 is 0 Å². The third kappa shape index (κ3) is 3.41. The van der Waals surface area contributed by atoms with Crippen LogP contribution >= 0.6 is 0 Å². The highest BCUT2D eigenvalue weighted by Crippen LogP contribution is 2.25. The molecule has 0 spiro atoms. The highest BCUT2D eigenvalue weighted by molar-refractivity contribution is 6.03. The molecule has 4 heterocycles. The standard InChI is InChI=1S/C19H19N9O/c29-19(24-15-10-21-4-3-16(15)28-7-5-20-6-8-28)18-25-17(26-27-18)12-1-2-13-14(9-12)23-11-22-13/h1-4,9-11,20H,5-8H2,(H,22,23)(H,24,29)(H,25,26,27). The van der Waals surface area contributed by atoms with Crippen LogP contribution in [0.3, 0.4) is 0 Å². The van der Waals surface area contributed by atoms with E-state index in [0.717, 1.165) is 48.5 Å². The number of amides is 1. The lowest BCUT2D eigenvalue weighted by Gasteiger charge is -2.30. The second-order valence-corrected chi connectivity index (χ2v) is 6.73. The molecule has 0 unspecified atom stereocenters. The number of carbonyl (C=O) groups excluding carboxylic acids is 1. The first-order valence-corrected chi connectivity index (χ1v) is 9.35. The van der Waals surface area contributed by atoms with Crippen LogP contribution in [-0.2, 0) is 0 Å². The summed E-state index contributed by atoms with van der Waals surface area (Å²) >= 11 is 0. The van der Waals surface area contributed by atoms with Crippen LogP contribution in [0.4, 0.5) is 11.4 Å². The highest BCUT2D eigenvalue weighted by atomic mass is 16.2. The fourth-order valence-corrected chi connectivity index (χ4v) is 3.41. The molecular weight excluding hydrogens is 370 g/mol. The molecule has 0 atom stereocenters. The Hall–Kier alpha value is -3.79. The predicted molar refractivity (Wildman–Crippen MR) is 109 cm³/mol. The van der Waals surface area contributed by atoms with Crippen LogP contribution in [-0.4, -0.2) is 62.2 Å². The average Bonchev–Trinajstić information content (AvgIpc) is 3.44. The van der Waals surface area contributed by atoms with E-state index in [-0.39, 0.29) is 11.7 Å². The summed E-state index contributed by atoms with van der Waals surface area (Å²) in [6.45, 7) is 3.55. The van der Waals surface area contributed by atoms with Gasteiger partial charge in [0.1, 0.15) is 0 Å². The predicted octanol–water partition coefficient (Wildman–Crippen LogP) is 1.40. The lowest BCUT2D eigenvalue weighted by atomic mass is 10.2. The molecule has 0 aliphatic carbocycles. The zero-order valence-electron chi connectivity index (χ0n) is 15.5. The number of hydrogen-bond donors (Lipinski definition) is 4. The number of piperazine rings is 1. The van der Waals surface area contributed by atoms with Crippen molar-refractivity contribution in [1.29, 1.82) is 0 Å². The molecule has 10 nitrogen and oxygen atoms in total. The number of carbonyl (C=O) groups is 1. The molecule has 4 aromatic rings. The van der Waals surface area contributed by atoms with E-state index in [9.17, 15) is 4.79 Å². The molecule has 1 fully saturated rings. The Bertz CT molecular complexity index is 1160. The van der Waals surface area contributed by atoms with Gasteiger partial charge in [-0.3, -0.25) is 14.9 Å². The van der Waals surface area contributed by atoms with E-state index in [1.54, 1.807) is 18.7 Å². The highest BCUT2D eigenvalue weighted by Gasteiger charge is 2.18. The lowest BCUT2D eigenvalue weighted by Crippen LogP contribution is -2.43. The van der Waals surface area contributed by atoms with Crippen molar-refractivity contribution in [1.82, 2.24) is 35.5 Å². The van der Waals surface area contributed by atoms with Gasteiger partial charge in [-0.05, 0) is 24.3 Å². The van der Waals surface area contributed by atoms with Crippen LogP contribution in [0, 0.1) is 0 Å². The smallest absolute Gasteiger partial charge is 0.293 e. The summed E-state index contributed by atoms with van der Waals surface area (Å²) in [6.07, 6.45) is 5.01. The number of pyridine rings is 1. The van der Waals surface area contributed by atoms with Crippen LogP contribution in [0.25, 0.3) is 22.4 Å². The summed E-state index contributed by atoms with van der Waals surface area (Å²) in [5.41, 5.74) is 4.13. The van der Waals surface area contributed by atoms with E-state index in [1.165, 1.54) is 0 Å². The summed E-state index contributed by atoms with van der Waals surface area (Å²) in [6, 6.07) is 7.56. The maximum Gasteiger partial charge on any atom is 0.293 e. The van der Waals surface area contributed by atoms with Gasteiger partial charge in [0, 0.05) is 37.9 Å². The fraction of sp³-hybridized carbons (Fsp3) is 0.211. The molecule has 10 heteroatoms. The zero-order chi connectivity index (χ0) is 19.6. The SMILES string of the molecule is O=C(Nc1cnccc1N1CCNCC1)c1nc(-c2ccc3nc[nH]c3c2)n[nH]1. The van der Waals surface area contributed by atoms with E-state index in [1.807, 2.05) is 24.3 Å². The molecule has 0 bridgehead atoms. The molecule has 1 aliphatic rings. The minimum atomic E-state index is -0.365. The van der Waals surface area contributed by atoms with Crippen LogP contribution in [0.15, 0.2) is 43.0 Å².